The van der Waals surface area contributed by atoms with Crippen LogP contribution in [-0.4, -0.2) is 5.11 Å². The third-order valence-electron chi connectivity index (χ3n) is 3.07. The molecule has 0 spiro atoms. The van der Waals surface area contributed by atoms with Crippen LogP contribution >= 0.6 is 0 Å². The van der Waals surface area contributed by atoms with Gasteiger partial charge in [0, 0.05) is 18.3 Å². The number of benzene rings is 2. The number of anilines is 1. The number of alkyl halides is 3. The fourth-order valence-electron chi connectivity index (χ4n) is 1.88. The molecule has 2 rings (SSSR count). The largest absolute Gasteiger partial charge is 0.508 e. The van der Waals surface area contributed by atoms with Gasteiger partial charge in [-0.25, -0.2) is 4.39 Å². The first-order chi connectivity index (χ1) is 9.77. The Labute approximate surface area is 119 Å². The van der Waals surface area contributed by atoms with Crippen LogP contribution in [0.5, 0.6) is 5.75 Å². The van der Waals surface area contributed by atoms with Crippen LogP contribution in [0.4, 0.5) is 23.2 Å². The van der Waals surface area contributed by atoms with Crippen molar-refractivity contribution >= 4 is 5.69 Å². The molecule has 2 aromatic carbocycles. The Hall–Kier alpha value is -2.24. The van der Waals surface area contributed by atoms with Crippen LogP contribution in [0.25, 0.3) is 0 Å². The summed E-state index contributed by atoms with van der Waals surface area (Å²) in [7, 11) is 0. The van der Waals surface area contributed by atoms with E-state index in [9.17, 15) is 22.7 Å². The van der Waals surface area contributed by atoms with Gasteiger partial charge in [-0.2, -0.15) is 13.2 Å². The minimum Gasteiger partial charge on any atom is -0.508 e. The number of hydrogen-bond acceptors (Lipinski definition) is 2. The predicted molar refractivity (Wildman–Crippen MR) is 71.6 cm³/mol. The van der Waals surface area contributed by atoms with E-state index >= 15 is 0 Å². The average Bonchev–Trinajstić information content (AvgIpc) is 2.40. The van der Waals surface area contributed by atoms with Gasteiger partial charge in [0.15, 0.2) is 0 Å². The summed E-state index contributed by atoms with van der Waals surface area (Å²) in [6.07, 6.45) is -4.62. The van der Waals surface area contributed by atoms with E-state index in [4.69, 9.17) is 0 Å². The van der Waals surface area contributed by atoms with E-state index in [1.807, 2.05) is 0 Å². The van der Waals surface area contributed by atoms with Gasteiger partial charge in [-0.15, -0.1) is 0 Å². The summed E-state index contributed by atoms with van der Waals surface area (Å²) in [4.78, 5) is 0. The number of phenols is 1. The summed E-state index contributed by atoms with van der Waals surface area (Å²) < 4.78 is 51.5. The quantitative estimate of drug-likeness (QED) is 0.820. The molecule has 0 radical (unpaired) electrons. The number of phenolic OH excluding ortho intramolecular Hbond substituents is 1. The second-order valence-corrected chi connectivity index (χ2v) is 4.65. The molecule has 2 nitrogen and oxygen atoms in total. The number of aryl methyl sites for hydroxylation is 1. The third-order valence-corrected chi connectivity index (χ3v) is 3.07. The maximum absolute atomic E-state index is 13.0. The van der Waals surface area contributed by atoms with Crippen LogP contribution in [0.3, 0.4) is 0 Å². The molecule has 0 saturated heterocycles. The highest BCUT2D eigenvalue weighted by atomic mass is 19.4. The van der Waals surface area contributed by atoms with E-state index in [1.54, 1.807) is 19.1 Å². The van der Waals surface area contributed by atoms with E-state index < -0.39 is 17.6 Å². The predicted octanol–water partition coefficient (Wildman–Crippen LogP) is 4.47. The normalized spacial score (nSPS) is 11.5. The second-order valence-electron chi connectivity index (χ2n) is 4.65. The molecule has 0 heterocycles. The molecule has 0 aliphatic carbocycles. The summed E-state index contributed by atoms with van der Waals surface area (Å²) in [5.41, 5.74) is 0.0733. The Morgan fingerprint density at radius 3 is 2.43 bits per heavy atom. The molecule has 0 amide bonds. The zero-order valence-corrected chi connectivity index (χ0v) is 11.1. The second kappa shape index (κ2) is 5.63. The first kappa shape index (κ1) is 15.2. The van der Waals surface area contributed by atoms with Crippen molar-refractivity contribution in [1.82, 2.24) is 0 Å². The fourth-order valence-corrected chi connectivity index (χ4v) is 1.88. The summed E-state index contributed by atoms with van der Waals surface area (Å²) in [6.45, 7) is 1.58. The molecule has 0 bridgehead atoms. The van der Waals surface area contributed by atoms with Crippen LogP contribution in [0.15, 0.2) is 36.4 Å². The standard InChI is InChI=1S/C15H13F4NO/c1-9-2-5-12(7-14(9)21)20-8-10-3-4-11(16)6-13(10)15(17,18)19/h2-7,20-21H,8H2,1H3. The SMILES string of the molecule is Cc1ccc(NCc2ccc(F)cc2C(F)(F)F)cc1O. The molecular formula is C15H13F4NO. The topological polar surface area (TPSA) is 32.3 Å². The van der Waals surface area contributed by atoms with Crippen LogP contribution in [-0.2, 0) is 12.7 Å². The molecule has 0 aliphatic heterocycles. The Kier molecular flexibility index (Phi) is 4.06. The van der Waals surface area contributed by atoms with Gasteiger partial charge in [0.1, 0.15) is 11.6 Å². The molecule has 0 aromatic heterocycles. The first-order valence-electron chi connectivity index (χ1n) is 6.16. The lowest BCUT2D eigenvalue weighted by atomic mass is 10.1. The van der Waals surface area contributed by atoms with Gasteiger partial charge in [-0.3, -0.25) is 0 Å². The highest BCUT2D eigenvalue weighted by Crippen LogP contribution is 2.33. The highest BCUT2D eigenvalue weighted by Gasteiger charge is 2.33. The molecule has 0 saturated carbocycles. The molecule has 0 aliphatic rings. The Morgan fingerprint density at radius 1 is 1.10 bits per heavy atom. The zero-order valence-electron chi connectivity index (χ0n) is 11.1. The molecule has 21 heavy (non-hydrogen) atoms. The van der Waals surface area contributed by atoms with Crippen molar-refractivity contribution in [2.24, 2.45) is 0 Å². The third kappa shape index (κ3) is 3.65. The minimum atomic E-state index is -4.62. The van der Waals surface area contributed by atoms with Gasteiger partial charge < -0.3 is 10.4 Å². The van der Waals surface area contributed by atoms with Crippen LogP contribution in [0.2, 0.25) is 0 Å². The van der Waals surface area contributed by atoms with Gasteiger partial charge in [-0.05, 0) is 36.2 Å². The molecule has 0 fully saturated rings. The van der Waals surface area contributed by atoms with Crippen molar-refractivity contribution in [2.45, 2.75) is 19.6 Å². The van der Waals surface area contributed by atoms with Crippen LogP contribution < -0.4 is 5.32 Å². The van der Waals surface area contributed by atoms with Gasteiger partial charge in [0.25, 0.3) is 0 Å². The van der Waals surface area contributed by atoms with Gasteiger partial charge >= 0.3 is 6.18 Å². The monoisotopic (exact) mass is 299 g/mol. The van der Waals surface area contributed by atoms with E-state index in [0.29, 0.717) is 17.3 Å². The van der Waals surface area contributed by atoms with Crippen LogP contribution in [0, 0.1) is 12.7 Å². The Bertz CT molecular complexity index is 653. The fraction of sp³-hybridized carbons (Fsp3) is 0.200. The van der Waals surface area contributed by atoms with Crippen molar-refractivity contribution < 1.29 is 22.7 Å². The van der Waals surface area contributed by atoms with E-state index in [0.717, 1.165) is 12.1 Å². The van der Waals surface area contributed by atoms with E-state index in [2.05, 4.69) is 5.32 Å². The van der Waals surface area contributed by atoms with Crippen molar-refractivity contribution in [2.75, 3.05) is 5.32 Å². The van der Waals surface area contributed by atoms with Gasteiger partial charge in [-0.1, -0.05) is 12.1 Å². The van der Waals surface area contributed by atoms with Crippen molar-refractivity contribution in [1.29, 1.82) is 0 Å². The summed E-state index contributed by atoms with van der Waals surface area (Å²) in [5, 5.41) is 12.3. The lowest BCUT2D eigenvalue weighted by Crippen LogP contribution is -2.12. The number of rotatable bonds is 3. The molecular weight excluding hydrogens is 286 g/mol. The highest BCUT2D eigenvalue weighted by molar-refractivity contribution is 5.51. The minimum absolute atomic E-state index is 0.0511. The lowest BCUT2D eigenvalue weighted by Gasteiger charge is -2.14. The number of nitrogens with one attached hydrogen (secondary N) is 1. The molecule has 2 N–H and O–H groups in total. The lowest BCUT2D eigenvalue weighted by molar-refractivity contribution is -0.138. The van der Waals surface area contributed by atoms with Crippen molar-refractivity contribution in [3.8, 4) is 5.75 Å². The van der Waals surface area contributed by atoms with E-state index in [1.165, 1.54) is 6.07 Å². The molecule has 0 unspecified atom stereocenters. The summed E-state index contributed by atoms with van der Waals surface area (Å²) >= 11 is 0. The maximum atomic E-state index is 13.0. The summed E-state index contributed by atoms with van der Waals surface area (Å²) in [5.74, 6) is -0.880. The number of aromatic hydroxyl groups is 1. The maximum Gasteiger partial charge on any atom is 0.416 e. The smallest absolute Gasteiger partial charge is 0.416 e. The van der Waals surface area contributed by atoms with Crippen LogP contribution in [0.1, 0.15) is 16.7 Å². The van der Waals surface area contributed by atoms with Crippen molar-refractivity contribution in [3.05, 3.63) is 58.9 Å². The number of hydrogen-bond donors (Lipinski definition) is 2. The Balaban J connectivity index is 2.22. The number of halogens is 4. The summed E-state index contributed by atoms with van der Waals surface area (Å²) in [6, 6.07) is 7.27. The zero-order chi connectivity index (χ0) is 15.6. The average molecular weight is 299 g/mol. The van der Waals surface area contributed by atoms with E-state index in [-0.39, 0.29) is 17.9 Å². The molecule has 0 atom stereocenters. The molecule has 6 heteroatoms. The van der Waals surface area contributed by atoms with Crippen molar-refractivity contribution in [3.63, 3.8) is 0 Å². The van der Waals surface area contributed by atoms with Gasteiger partial charge in [0.05, 0.1) is 5.56 Å². The first-order valence-corrected chi connectivity index (χ1v) is 6.16. The Morgan fingerprint density at radius 2 is 1.81 bits per heavy atom. The molecule has 112 valence electrons. The van der Waals surface area contributed by atoms with Gasteiger partial charge in [0.2, 0.25) is 0 Å². The molecule has 2 aromatic rings.